The monoisotopic (exact) mass is 226 g/mol. The lowest BCUT2D eigenvalue weighted by molar-refractivity contribution is -0.0888. The van der Waals surface area contributed by atoms with Gasteiger partial charge in [0, 0.05) is 0 Å². The standard InChI is InChI=1S/C10H5F3N2O/c11-10(12,13)9(16)8-5-14-6-3-1-2-4-7(6)15-8/h1-5H. The molecule has 0 amide bonds. The van der Waals surface area contributed by atoms with Crippen LogP contribution < -0.4 is 0 Å². The summed E-state index contributed by atoms with van der Waals surface area (Å²) < 4.78 is 36.4. The van der Waals surface area contributed by atoms with E-state index in [0.29, 0.717) is 5.52 Å². The average molecular weight is 226 g/mol. The van der Waals surface area contributed by atoms with Crippen LogP contribution in [0.5, 0.6) is 0 Å². The molecule has 0 fully saturated rings. The number of halogens is 3. The van der Waals surface area contributed by atoms with Crippen LogP contribution in [0.1, 0.15) is 10.5 Å². The Bertz CT molecular complexity index is 551. The molecule has 0 spiro atoms. The first-order valence-corrected chi connectivity index (χ1v) is 4.32. The number of carbonyl (C=O) groups is 1. The van der Waals surface area contributed by atoms with Crippen LogP contribution in [0.4, 0.5) is 13.2 Å². The predicted octanol–water partition coefficient (Wildman–Crippen LogP) is 2.37. The summed E-state index contributed by atoms with van der Waals surface area (Å²) in [6.07, 6.45) is -4.09. The van der Waals surface area contributed by atoms with Crippen molar-refractivity contribution in [2.45, 2.75) is 6.18 Å². The summed E-state index contributed by atoms with van der Waals surface area (Å²) in [7, 11) is 0. The van der Waals surface area contributed by atoms with Gasteiger partial charge < -0.3 is 0 Å². The van der Waals surface area contributed by atoms with E-state index in [1.807, 2.05) is 0 Å². The highest BCUT2D eigenvalue weighted by molar-refractivity contribution is 5.99. The maximum absolute atomic E-state index is 12.1. The number of fused-ring (bicyclic) bond motifs is 1. The minimum atomic E-state index is -4.92. The lowest BCUT2D eigenvalue weighted by atomic mass is 10.2. The Labute approximate surface area is 87.9 Å². The molecule has 2 rings (SSSR count). The maximum atomic E-state index is 12.1. The van der Waals surface area contributed by atoms with Gasteiger partial charge in [0.15, 0.2) is 0 Å². The lowest BCUT2D eigenvalue weighted by Crippen LogP contribution is -2.23. The van der Waals surface area contributed by atoms with E-state index < -0.39 is 17.7 Å². The molecule has 6 heteroatoms. The fraction of sp³-hybridized carbons (Fsp3) is 0.100. The van der Waals surface area contributed by atoms with E-state index in [1.54, 1.807) is 18.2 Å². The van der Waals surface area contributed by atoms with Gasteiger partial charge in [-0.15, -0.1) is 0 Å². The quantitative estimate of drug-likeness (QED) is 0.701. The number of hydrogen-bond donors (Lipinski definition) is 0. The normalized spacial score (nSPS) is 11.7. The van der Waals surface area contributed by atoms with E-state index in [-0.39, 0.29) is 5.52 Å². The van der Waals surface area contributed by atoms with Crippen molar-refractivity contribution in [3.63, 3.8) is 0 Å². The van der Waals surface area contributed by atoms with E-state index in [9.17, 15) is 18.0 Å². The smallest absolute Gasteiger partial charge is 0.282 e. The highest BCUT2D eigenvalue weighted by atomic mass is 19.4. The number of alkyl halides is 3. The zero-order valence-electron chi connectivity index (χ0n) is 7.82. The van der Waals surface area contributed by atoms with Crippen molar-refractivity contribution in [3.8, 4) is 0 Å². The fourth-order valence-electron chi connectivity index (χ4n) is 1.21. The van der Waals surface area contributed by atoms with Crippen molar-refractivity contribution in [1.29, 1.82) is 0 Å². The topological polar surface area (TPSA) is 42.9 Å². The number of Topliss-reactive ketones (excluding diaryl/α,β-unsaturated/α-hetero) is 1. The molecule has 82 valence electrons. The van der Waals surface area contributed by atoms with Gasteiger partial charge >= 0.3 is 6.18 Å². The molecule has 0 N–H and O–H groups in total. The number of hydrogen-bond acceptors (Lipinski definition) is 3. The predicted molar refractivity (Wildman–Crippen MR) is 49.9 cm³/mol. The van der Waals surface area contributed by atoms with Crippen LogP contribution in [0.3, 0.4) is 0 Å². The summed E-state index contributed by atoms with van der Waals surface area (Å²) in [5.74, 6) is -1.98. The second-order valence-electron chi connectivity index (χ2n) is 3.07. The first-order valence-electron chi connectivity index (χ1n) is 4.32. The Balaban J connectivity index is 2.52. The molecule has 0 saturated carbocycles. The molecule has 1 aromatic heterocycles. The third kappa shape index (κ3) is 1.86. The Morgan fingerprint density at radius 2 is 1.75 bits per heavy atom. The molecule has 2 aromatic rings. The van der Waals surface area contributed by atoms with Crippen LogP contribution >= 0.6 is 0 Å². The van der Waals surface area contributed by atoms with Crippen LogP contribution in [-0.4, -0.2) is 21.9 Å². The molecular weight excluding hydrogens is 221 g/mol. The summed E-state index contributed by atoms with van der Waals surface area (Å²) in [5.41, 5.74) is 0.0185. The first kappa shape index (κ1) is 10.5. The van der Waals surface area contributed by atoms with Gasteiger partial charge in [-0.25, -0.2) is 4.98 Å². The molecule has 0 aliphatic carbocycles. The van der Waals surface area contributed by atoms with Gasteiger partial charge in [-0.1, -0.05) is 12.1 Å². The zero-order valence-corrected chi connectivity index (χ0v) is 7.82. The third-order valence-corrected chi connectivity index (χ3v) is 1.94. The van der Waals surface area contributed by atoms with Gasteiger partial charge in [0.1, 0.15) is 5.69 Å². The zero-order chi connectivity index (χ0) is 11.8. The molecule has 0 unspecified atom stereocenters. The van der Waals surface area contributed by atoms with Crippen LogP contribution in [-0.2, 0) is 0 Å². The molecule has 0 aliphatic rings. The number of nitrogens with zero attached hydrogens (tertiary/aromatic N) is 2. The number of para-hydroxylation sites is 2. The van der Waals surface area contributed by atoms with Crippen LogP contribution in [0.15, 0.2) is 30.5 Å². The molecule has 1 aromatic carbocycles. The van der Waals surface area contributed by atoms with E-state index in [2.05, 4.69) is 9.97 Å². The van der Waals surface area contributed by atoms with Gasteiger partial charge in [0.25, 0.3) is 5.78 Å². The highest BCUT2D eigenvalue weighted by Crippen LogP contribution is 2.20. The number of ketones is 1. The van der Waals surface area contributed by atoms with Gasteiger partial charge in [0.2, 0.25) is 0 Å². The number of aromatic nitrogens is 2. The van der Waals surface area contributed by atoms with Crippen molar-refractivity contribution in [2.75, 3.05) is 0 Å². The third-order valence-electron chi connectivity index (χ3n) is 1.94. The van der Waals surface area contributed by atoms with Crippen molar-refractivity contribution in [1.82, 2.24) is 9.97 Å². The lowest BCUT2D eigenvalue weighted by Gasteiger charge is -2.04. The second kappa shape index (κ2) is 3.55. The van der Waals surface area contributed by atoms with Gasteiger partial charge in [-0.2, -0.15) is 13.2 Å². The summed E-state index contributed by atoms with van der Waals surface area (Å²) in [4.78, 5) is 18.2. The largest absolute Gasteiger partial charge is 0.456 e. The fourth-order valence-corrected chi connectivity index (χ4v) is 1.21. The van der Waals surface area contributed by atoms with E-state index in [1.165, 1.54) is 6.07 Å². The summed E-state index contributed by atoms with van der Waals surface area (Å²) in [6.45, 7) is 0. The van der Waals surface area contributed by atoms with Crippen molar-refractivity contribution in [3.05, 3.63) is 36.2 Å². The summed E-state index contributed by atoms with van der Waals surface area (Å²) in [5, 5.41) is 0. The Morgan fingerprint density at radius 3 is 2.38 bits per heavy atom. The minimum absolute atomic E-state index is 0.262. The van der Waals surface area contributed by atoms with Crippen LogP contribution in [0, 0.1) is 0 Å². The van der Waals surface area contributed by atoms with E-state index in [4.69, 9.17) is 0 Å². The Morgan fingerprint density at radius 1 is 1.12 bits per heavy atom. The van der Waals surface area contributed by atoms with E-state index >= 15 is 0 Å². The van der Waals surface area contributed by atoms with Gasteiger partial charge in [-0.3, -0.25) is 9.78 Å². The first-order chi connectivity index (χ1) is 7.48. The number of carbonyl (C=O) groups excluding carboxylic acids is 1. The van der Waals surface area contributed by atoms with Gasteiger partial charge in [-0.05, 0) is 12.1 Å². The molecule has 16 heavy (non-hydrogen) atoms. The molecule has 0 radical (unpaired) electrons. The van der Waals surface area contributed by atoms with E-state index in [0.717, 1.165) is 6.20 Å². The Hall–Kier alpha value is -1.98. The van der Waals surface area contributed by atoms with Crippen molar-refractivity contribution >= 4 is 16.8 Å². The van der Waals surface area contributed by atoms with Crippen molar-refractivity contribution < 1.29 is 18.0 Å². The van der Waals surface area contributed by atoms with Crippen LogP contribution in [0.2, 0.25) is 0 Å². The molecule has 1 heterocycles. The molecule has 0 atom stereocenters. The number of rotatable bonds is 1. The van der Waals surface area contributed by atoms with Crippen molar-refractivity contribution in [2.24, 2.45) is 0 Å². The number of benzene rings is 1. The molecule has 0 saturated heterocycles. The minimum Gasteiger partial charge on any atom is -0.282 e. The molecule has 3 nitrogen and oxygen atoms in total. The van der Waals surface area contributed by atoms with Crippen LogP contribution in [0.25, 0.3) is 11.0 Å². The Kier molecular flexibility index (Phi) is 2.34. The molecule has 0 bridgehead atoms. The SMILES string of the molecule is O=C(c1cnc2ccccc2n1)C(F)(F)F. The molecule has 0 aliphatic heterocycles. The van der Waals surface area contributed by atoms with Gasteiger partial charge in [0.05, 0.1) is 17.2 Å². The highest BCUT2D eigenvalue weighted by Gasteiger charge is 2.40. The summed E-state index contributed by atoms with van der Waals surface area (Å²) in [6, 6.07) is 6.39. The average Bonchev–Trinajstić information content (AvgIpc) is 2.26. The second-order valence-corrected chi connectivity index (χ2v) is 3.07. The summed E-state index contributed by atoms with van der Waals surface area (Å²) >= 11 is 0. The molecular formula is C10H5F3N2O. The maximum Gasteiger partial charge on any atom is 0.456 e.